The van der Waals surface area contributed by atoms with Crippen molar-refractivity contribution in [3.8, 4) is 0 Å². The van der Waals surface area contributed by atoms with E-state index >= 15 is 0 Å². The van der Waals surface area contributed by atoms with Crippen LogP contribution in [0.25, 0.3) is 0 Å². The SMILES string of the molecule is CCCCc1ccc(NCCCCCO)cc1. The van der Waals surface area contributed by atoms with Gasteiger partial charge in [-0.2, -0.15) is 0 Å². The lowest BCUT2D eigenvalue weighted by Crippen LogP contribution is -2.01. The molecule has 0 saturated carbocycles. The average Bonchev–Trinajstić information content (AvgIpc) is 2.37. The smallest absolute Gasteiger partial charge is 0.0431 e. The van der Waals surface area contributed by atoms with Crippen LogP contribution >= 0.6 is 0 Å². The molecule has 0 atom stereocenters. The van der Waals surface area contributed by atoms with Crippen molar-refractivity contribution in [2.75, 3.05) is 18.5 Å². The Morgan fingerprint density at radius 3 is 2.41 bits per heavy atom. The van der Waals surface area contributed by atoms with Crippen LogP contribution < -0.4 is 5.32 Å². The maximum absolute atomic E-state index is 8.66. The molecule has 0 aliphatic heterocycles. The fourth-order valence-corrected chi connectivity index (χ4v) is 1.82. The van der Waals surface area contributed by atoms with E-state index in [0.29, 0.717) is 6.61 Å². The van der Waals surface area contributed by atoms with E-state index in [9.17, 15) is 0 Å². The number of aryl methyl sites for hydroxylation is 1. The van der Waals surface area contributed by atoms with Gasteiger partial charge in [-0.3, -0.25) is 0 Å². The number of rotatable bonds is 9. The van der Waals surface area contributed by atoms with Crippen molar-refractivity contribution in [2.24, 2.45) is 0 Å². The number of hydrogen-bond acceptors (Lipinski definition) is 2. The topological polar surface area (TPSA) is 32.3 Å². The van der Waals surface area contributed by atoms with Gasteiger partial charge in [-0.1, -0.05) is 25.5 Å². The van der Waals surface area contributed by atoms with Crippen molar-refractivity contribution in [2.45, 2.75) is 45.4 Å². The zero-order chi connectivity index (χ0) is 12.3. The van der Waals surface area contributed by atoms with Gasteiger partial charge in [0.15, 0.2) is 0 Å². The fourth-order valence-electron chi connectivity index (χ4n) is 1.82. The maximum Gasteiger partial charge on any atom is 0.0431 e. The van der Waals surface area contributed by atoms with Crippen LogP contribution in [-0.4, -0.2) is 18.3 Å². The highest BCUT2D eigenvalue weighted by Gasteiger charge is 1.94. The van der Waals surface area contributed by atoms with E-state index in [2.05, 4.69) is 36.5 Å². The lowest BCUT2D eigenvalue weighted by atomic mass is 10.1. The zero-order valence-electron chi connectivity index (χ0n) is 10.9. The lowest BCUT2D eigenvalue weighted by molar-refractivity contribution is 0.283. The van der Waals surface area contributed by atoms with E-state index in [1.807, 2.05) is 0 Å². The third kappa shape index (κ3) is 6.32. The molecule has 0 fully saturated rings. The summed E-state index contributed by atoms with van der Waals surface area (Å²) in [4.78, 5) is 0. The Kier molecular flexibility index (Phi) is 7.48. The van der Waals surface area contributed by atoms with E-state index in [0.717, 1.165) is 25.8 Å². The fraction of sp³-hybridized carbons (Fsp3) is 0.600. The van der Waals surface area contributed by atoms with Crippen LogP contribution in [0.5, 0.6) is 0 Å². The third-order valence-electron chi connectivity index (χ3n) is 2.94. The molecule has 1 rings (SSSR count). The first-order valence-electron chi connectivity index (χ1n) is 6.80. The molecule has 0 aliphatic rings. The number of aliphatic hydroxyl groups excluding tert-OH is 1. The van der Waals surface area contributed by atoms with Gasteiger partial charge in [0.25, 0.3) is 0 Å². The molecule has 0 aliphatic carbocycles. The molecule has 17 heavy (non-hydrogen) atoms. The van der Waals surface area contributed by atoms with Gasteiger partial charge in [0.2, 0.25) is 0 Å². The zero-order valence-corrected chi connectivity index (χ0v) is 10.9. The Balaban J connectivity index is 2.20. The molecular weight excluding hydrogens is 210 g/mol. The Morgan fingerprint density at radius 2 is 1.76 bits per heavy atom. The van der Waals surface area contributed by atoms with Crippen molar-refractivity contribution >= 4 is 5.69 Å². The van der Waals surface area contributed by atoms with Gasteiger partial charge in [-0.05, 0) is 49.8 Å². The molecule has 2 nitrogen and oxygen atoms in total. The van der Waals surface area contributed by atoms with Crippen molar-refractivity contribution in [1.29, 1.82) is 0 Å². The van der Waals surface area contributed by atoms with Crippen molar-refractivity contribution in [3.05, 3.63) is 29.8 Å². The number of nitrogens with one attached hydrogen (secondary N) is 1. The minimum Gasteiger partial charge on any atom is -0.396 e. The van der Waals surface area contributed by atoms with Gasteiger partial charge < -0.3 is 10.4 Å². The van der Waals surface area contributed by atoms with E-state index in [1.54, 1.807) is 0 Å². The molecule has 0 bridgehead atoms. The van der Waals surface area contributed by atoms with Crippen LogP contribution in [-0.2, 0) is 6.42 Å². The first-order chi connectivity index (χ1) is 8.36. The number of hydrogen-bond donors (Lipinski definition) is 2. The van der Waals surface area contributed by atoms with Crippen LogP contribution in [0.2, 0.25) is 0 Å². The van der Waals surface area contributed by atoms with Crippen LogP contribution in [0.1, 0.15) is 44.6 Å². The average molecular weight is 235 g/mol. The predicted octanol–water partition coefficient (Wildman–Crippen LogP) is 3.60. The number of anilines is 1. The van der Waals surface area contributed by atoms with E-state index in [4.69, 9.17) is 5.11 Å². The first kappa shape index (κ1) is 14.0. The third-order valence-corrected chi connectivity index (χ3v) is 2.94. The highest BCUT2D eigenvalue weighted by molar-refractivity contribution is 5.44. The molecule has 0 aromatic heterocycles. The first-order valence-corrected chi connectivity index (χ1v) is 6.80. The summed E-state index contributed by atoms with van der Waals surface area (Å²) in [5.41, 5.74) is 2.63. The van der Waals surface area contributed by atoms with Gasteiger partial charge in [-0.15, -0.1) is 0 Å². The van der Waals surface area contributed by atoms with Gasteiger partial charge in [0, 0.05) is 18.8 Å². The maximum atomic E-state index is 8.66. The Morgan fingerprint density at radius 1 is 1.00 bits per heavy atom. The molecule has 2 N–H and O–H groups in total. The largest absolute Gasteiger partial charge is 0.396 e. The van der Waals surface area contributed by atoms with Gasteiger partial charge >= 0.3 is 0 Å². The lowest BCUT2D eigenvalue weighted by Gasteiger charge is -2.07. The quantitative estimate of drug-likeness (QED) is 0.641. The molecule has 0 amide bonds. The molecule has 96 valence electrons. The summed E-state index contributed by atoms with van der Waals surface area (Å²) in [6.45, 7) is 3.53. The molecule has 2 heteroatoms. The van der Waals surface area contributed by atoms with Crippen molar-refractivity contribution in [3.63, 3.8) is 0 Å². The number of aliphatic hydroxyl groups is 1. The number of unbranched alkanes of at least 4 members (excludes halogenated alkanes) is 3. The molecule has 1 aromatic rings. The summed E-state index contributed by atoms with van der Waals surface area (Å²) >= 11 is 0. The molecule has 0 spiro atoms. The van der Waals surface area contributed by atoms with Crippen LogP contribution in [0.4, 0.5) is 5.69 Å². The Labute approximate surface area is 105 Å². The Bertz CT molecular complexity index is 281. The summed E-state index contributed by atoms with van der Waals surface area (Å²) in [5, 5.41) is 12.1. The summed E-state index contributed by atoms with van der Waals surface area (Å²) in [6, 6.07) is 8.76. The summed E-state index contributed by atoms with van der Waals surface area (Å²) in [6.07, 6.45) is 6.85. The highest BCUT2D eigenvalue weighted by atomic mass is 16.2. The monoisotopic (exact) mass is 235 g/mol. The molecular formula is C15H25NO. The number of benzene rings is 1. The molecule has 1 aromatic carbocycles. The summed E-state index contributed by atoms with van der Waals surface area (Å²) in [5.74, 6) is 0. The van der Waals surface area contributed by atoms with Crippen LogP contribution in [0.15, 0.2) is 24.3 Å². The van der Waals surface area contributed by atoms with Gasteiger partial charge in [-0.25, -0.2) is 0 Å². The summed E-state index contributed by atoms with van der Waals surface area (Å²) < 4.78 is 0. The van der Waals surface area contributed by atoms with Gasteiger partial charge in [0.1, 0.15) is 0 Å². The molecule has 0 radical (unpaired) electrons. The van der Waals surface area contributed by atoms with Crippen molar-refractivity contribution < 1.29 is 5.11 Å². The predicted molar refractivity (Wildman–Crippen MR) is 74.5 cm³/mol. The van der Waals surface area contributed by atoms with E-state index in [-0.39, 0.29) is 0 Å². The van der Waals surface area contributed by atoms with E-state index in [1.165, 1.54) is 30.5 Å². The second-order valence-electron chi connectivity index (χ2n) is 4.51. The molecule has 0 saturated heterocycles. The van der Waals surface area contributed by atoms with Crippen LogP contribution in [0.3, 0.4) is 0 Å². The molecule has 0 heterocycles. The second kappa shape index (κ2) is 9.06. The van der Waals surface area contributed by atoms with E-state index < -0.39 is 0 Å². The summed E-state index contributed by atoms with van der Waals surface area (Å²) in [7, 11) is 0. The normalized spacial score (nSPS) is 10.5. The Hall–Kier alpha value is -1.02. The minimum absolute atomic E-state index is 0.312. The highest BCUT2D eigenvalue weighted by Crippen LogP contribution is 2.12. The minimum atomic E-state index is 0.312. The van der Waals surface area contributed by atoms with Crippen LogP contribution in [0, 0.1) is 0 Å². The van der Waals surface area contributed by atoms with Gasteiger partial charge in [0.05, 0.1) is 0 Å². The molecule has 0 unspecified atom stereocenters. The standard InChI is InChI=1S/C15H25NO/c1-2-3-7-14-8-10-15(11-9-14)16-12-5-4-6-13-17/h8-11,16-17H,2-7,12-13H2,1H3. The second-order valence-corrected chi connectivity index (χ2v) is 4.51. The van der Waals surface area contributed by atoms with Crippen molar-refractivity contribution in [1.82, 2.24) is 0 Å².